The van der Waals surface area contributed by atoms with E-state index in [-0.39, 0.29) is 18.1 Å². The fourth-order valence-corrected chi connectivity index (χ4v) is 4.96. The van der Waals surface area contributed by atoms with Crippen LogP contribution in [0.3, 0.4) is 0 Å². The summed E-state index contributed by atoms with van der Waals surface area (Å²) >= 11 is 0. The van der Waals surface area contributed by atoms with Crippen LogP contribution < -0.4 is 10.2 Å². The average molecular weight is 365 g/mol. The molecule has 0 aliphatic carbocycles. The molecule has 0 radical (unpaired) electrons. The molecule has 1 N–H and O–H groups in total. The number of amides is 1. The molecule has 2 heterocycles. The molecule has 2 fully saturated rings. The van der Waals surface area contributed by atoms with E-state index in [1.165, 1.54) is 29.3 Å². The van der Waals surface area contributed by atoms with Crippen LogP contribution in [0.4, 0.5) is 11.4 Å². The molecule has 3 rings (SSSR count). The van der Waals surface area contributed by atoms with Crippen molar-refractivity contribution in [2.24, 2.45) is 0 Å². The molecule has 1 aromatic carbocycles. The summed E-state index contributed by atoms with van der Waals surface area (Å²) in [5, 5.41) is 2.79. The van der Waals surface area contributed by atoms with Gasteiger partial charge in [0.15, 0.2) is 0 Å². The zero-order valence-electron chi connectivity index (χ0n) is 14.6. The van der Waals surface area contributed by atoms with Crippen molar-refractivity contribution in [2.45, 2.75) is 38.5 Å². The molecule has 2 aliphatic rings. The quantitative estimate of drug-likeness (QED) is 0.841. The fourth-order valence-electron chi connectivity index (χ4n) is 3.45. The first kappa shape index (κ1) is 18.2. The Morgan fingerprint density at radius 2 is 1.52 bits per heavy atom. The molecule has 2 aliphatic heterocycles. The van der Waals surface area contributed by atoms with Gasteiger partial charge in [0.2, 0.25) is 15.9 Å². The van der Waals surface area contributed by atoms with Crippen molar-refractivity contribution in [3.63, 3.8) is 0 Å². The van der Waals surface area contributed by atoms with Gasteiger partial charge in [-0.25, -0.2) is 12.7 Å². The van der Waals surface area contributed by atoms with Crippen LogP contribution in [0.5, 0.6) is 0 Å². The maximum absolute atomic E-state index is 12.1. The number of benzene rings is 1. The van der Waals surface area contributed by atoms with Crippen molar-refractivity contribution in [1.29, 1.82) is 0 Å². The van der Waals surface area contributed by atoms with Crippen LogP contribution in [-0.4, -0.2) is 50.6 Å². The summed E-state index contributed by atoms with van der Waals surface area (Å²) in [6.45, 7) is 3.34. The summed E-state index contributed by atoms with van der Waals surface area (Å²) < 4.78 is 25.8. The summed E-state index contributed by atoms with van der Waals surface area (Å²) in [5.74, 6) is -0.376. The molecule has 0 spiro atoms. The van der Waals surface area contributed by atoms with Crippen molar-refractivity contribution in [2.75, 3.05) is 42.1 Å². The molecule has 1 aromatic rings. The number of anilines is 2. The largest absolute Gasteiger partial charge is 0.372 e. The first-order chi connectivity index (χ1) is 12.0. The van der Waals surface area contributed by atoms with Crippen LogP contribution in [0, 0.1) is 0 Å². The lowest BCUT2D eigenvalue weighted by atomic mass is 10.1. The highest BCUT2D eigenvalue weighted by Gasteiger charge is 2.25. The van der Waals surface area contributed by atoms with E-state index < -0.39 is 10.0 Å². The normalized spacial score (nSPS) is 19.1. The third kappa shape index (κ3) is 4.95. The molecule has 25 heavy (non-hydrogen) atoms. The van der Waals surface area contributed by atoms with Crippen LogP contribution in [0.25, 0.3) is 0 Å². The molecule has 0 unspecified atom stereocenters. The van der Waals surface area contributed by atoms with Crippen LogP contribution in [0.15, 0.2) is 24.3 Å². The topological polar surface area (TPSA) is 69.7 Å². The van der Waals surface area contributed by atoms with E-state index in [2.05, 4.69) is 10.2 Å². The molecule has 138 valence electrons. The number of carbonyl (C=O) groups excluding carboxylic acids is 1. The maximum atomic E-state index is 12.1. The minimum Gasteiger partial charge on any atom is -0.372 e. The number of carbonyl (C=O) groups is 1. The van der Waals surface area contributed by atoms with E-state index in [4.69, 9.17) is 0 Å². The molecule has 0 aromatic heterocycles. The lowest BCUT2D eigenvalue weighted by Gasteiger charge is -2.28. The Bertz CT molecular complexity index is 676. The van der Waals surface area contributed by atoms with E-state index in [1.807, 2.05) is 24.3 Å². The number of hydrogen-bond acceptors (Lipinski definition) is 4. The predicted octanol–water partition coefficient (Wildman–Crippen LogP) is 2.43. The van der Waals surface area contributed by atoms with Gasteiger partial charge < -0.3 is 10.2 Å². The monoisotopic (exact) mass is 365 g/mol. The average Bonchev–Trinajstić information content (AvgIpc) is 3.17. The van der Waals surface area contributed by atoms with E-state index in [9.17, 15) is 13.2 Å². The maximum Gasteiger partial charge on any atom is 0.225 e. The smallest absolute Gasteiger partial charge is 0.225 e. The second-order valence-electron chi connectivity index (χ2n) is 6.81. The van der Waals surface area contributed by atoms with Gasteiger partial charge in [0.25, 0.3) is 0 Å². The van der Waals surface area contributed by atoms with Gasteiger partial charge in [0.1, 0.15) is 0 Å². The number of rotatable bonds is 6. The zero-order valence-corrected chi connectivity index (χ0v) is 15.4. The first-order valence-corrected chi connectivity index (χ1v) is 10.8. The van der Waals surface area contributed by atoms with Crippen LogP contribution >= 0.6 is 0 Å². The van der Waals surface area contributed by atoms with E-state index >= 15 is 0 Å². The Balaban J connectivity index is 1.49. The van der Waals surface area contributed by atoms with Gasteiger partial charge in [-0.15, -0.1) is 0 Å². The number of sulfonamides is 1. The zero-order chi connectivity index (χ0) is 17.7. The second-order valence-corrected chi connectivity index (χ2v) is 8.90. The van der Waals surface area contributed by atoms with Gasteiger partial charge in [-0.3, -0.25) is 4.79 Å². The minimum absolute atomic E-state index is 0.00723. The van der Waals surface area contributed by atoms with E-state index in [0.29, 0.717) is 18.8 Å². The molecule has 0 saturated carbocycles. The number of nitrogens with one attached hydrogen (secondary N) is 1. The summed E-state index contributed by atoms with van der Waals surface area (Å²) in [4.78, 5) is 14.4. The lowest BCUT2D eigenvalue weighted by Crippen LogP contribution is -2.31. The van der Waals surface area contributed by atoms with Crippen LogP contribution in [-0.2, 0) is 14.8 Å². The highest BCUT2D eigenvalue weighted by atomic mass is 32.2. The van der Waals surface area contributed by atoms with Gasteiger partial charge in [0, 0.05) is 44.0 Å². The van der Waals surface area contributed by atoms with Crippen LogP contribution in [0.1, 0.15) is 38.5 Å². The molecular formula is C18H27N3O3S. The summed E-state index contributed by atoms with van der Waals surface area (Å²) in [6.07, 6.45) is 5.56. The van der Waals surface area contributed by atoms with Crippen LogP contribution in [0.2, 0.25) is 0 Å². The Kier molecular flexibility index (Phi) is 5.96. The van der Waals surface area contributed by atoms with Gasteiger partial charge in [0.05, 0.1) is 5.75 Å². The Morgan fingerprint density at radius 1 is 0.920 bits per heavy atom. The Hall–Kier alpha value is -1.60. The predicted molar refractivity (Wildman–Crippen MR) is 100 cm³/mol. The summed E-state index contributed by atoms with van der Waals surface area (Å²) in [6, 6.07) is 7.80. The van der Waals surface area contributed by atoms with Gasteiger partial charge >= 0.3 is 0 Å². The minimum atomic E-state index is -3.30. The Morgan fingerprint density at radius 3 is 2.16 bits per heavy atom. The van der Waals surface area contributed by atoms with Crippen molar-refractivity contribution >= 4 is 27.3 Å². The van der Waals surface area contributed by atoms with E-state index in [1.54, 1.807) is 0 Å². The number of nitrogens with zero attached hydrogens (tertiary/aromatic N) is 2. The molecular weight excluding hydrogens is 338 g/mol. The third-order valence-electron chi connectivity index (χ3n) is 4.92. The van der Waals surface area contributed by atoms with Crippen molar-refractivity contribution in [3.05, 3.63) is 24.3 Å². The molecule has 7 heteroatoms. The molecule has 6 nitrogen and oxygen atoms in total. The van der Waals surface area contributed by atoms with Crippen molar-refractivity contribution in [3.8, 4) is 0 Å². The number of hydrogen-bond donors (Lipinski definition) is 1. The molecule has 2 saturated heterocycles. The standard InChI is InChI=1S/C18H27N3O3S/c22-18(10-15-25(23,24)21-13-4-5-14-21)19-16-6-8-17(9-7-16)20-11-2-1-3-12-20/h6-9H,1-5,10-15H2,(H,19,22). The highest BCUT2D eigenvalue weighted by Crippen LogP contribution is 2.22. The summed E-state index contributed by atoms with van der Waals surface area (Å²) in [7, 11) is -3.30. The SMILES string of the molecule is O=C(CCS(=O)(=O)N1CCCC1)Nc1ccc(N2CCCCC2)cc1. The molecule has 1 amide bonds. The van der Waals surface area contributed by atoms with Crippen molar-refractivity contribution < 1.29 is 13.2 Å². The highest BCUT2D eigenvalue weighted by molar-refractivity contribution is 7.89. The lowest BCUT2D eigenvalue weighted by molar-refractivity contribution is -0.115. The van der Waals surface area contributed by atoms with Crippen molar-refractivity contribution in [1.82, 2.24) is 4.31 Å². The van der Waals surface area contributed by atoms with E-state index in [0.717, 1.165) is 25.9 Å². The van der Waals surface area contributed by atoms with Gasteiger partial charge in [-0.1, -0.05) is 0 Å². The number of piperidine rings is 1. The fraction of sp³-hybridized carbons (Fsp3) is 0.611. The van der Waals surface area contributed by atoms with Gasteiger partial charge in [-0.2, -0.15) is 0 Å². The molecule has 0 atom stereocenters. The second kappa shape index (κ2) is 8.19. The van der Waals surface area contributed by atoms with Gasteiger partial charge in [-0.05, 0) is 56.4 Å². The third-order valence-corrected chi connectivity index (χ3v) is 6.79. The first-order valence-electron chi connectivity index (χ1n) is 9.17. The Labute approximate surface area is 150 Å². The summed E-state index contributed by atoms with van der Waals surface area (Å²) in [5.41, 5.74) is 1.89. The molecule has 0 bridgehead atoms.